The first-order valence-electron chi connectivity index (χ1n) is 7.28. The molecule has 4 heteroatoms. The molecule has 1 aliphatic heterocycles. The van der Waals surface area contributed by atoms with Crippen molar-refractivity contribution >= 4 is 15.9 Å². The first-order chi connectivity index (χ1) is 10.7. The van der Waals surface area contributed by atoms with Crippen LogP contribution in [0.1, 0.15) is 17.0 Å². The minimum absolute atomic E-state index is 0.0405. The van der Waals surface area contributed by atoms with Gasteiger partial charge < -0.3 is 0 Å². The summed E-state index contributed by atoms with van der Waals surface area (Å²) in [6.45, 7) is 2.32. The molecule has 1 saturated heterocycles. The summed E-state index contributed by atoms with van der Waals surface area (Å²) in [5, 5.41) is 9.46. The van der Waals surface area contributed by atoms with Crippen molar-refractivity contribution in [2.24, 2.45) is 5.92 Å². The van der Waals surface area contributed by atoms with Gasteiger partial charge in [0.1, 0.15) is 5.82 Å². The summed E-state index contributed by atoms with van der Waals surface area (Å²) < 4.78 is 14.4. The first-order valence-corrected chi connectivity index (χ1v) is 8.07. The summed E-state index contributed by atoms with van der Waals surface area (Å²) in [5.74, 6) is -0.322. The topological polar surface area (TPSA) is 27.0 Å². The zero-order valence-corrected chi connectivity index (χ0v) is 13.6. The predicted octanol–water partition coefficient (Wildman–Crippen LogP) is 4.33. The van der Waals surface area contributed by atoms with Gasteiger partial charge in [0.2, 0.25) is 0 Å². The maximum atomic E-state index is 13.6. The molecular formula is C18H16BrFN2. The van der Waals surface area contributed by atoms with Crippen molar-refractivity contribution in [2.45, 2.75) is 12.5 Å². The number of hydrogen-bond donors (Lipinski definition) is 0. The molecule has 1 aliphatic rings. The fraction of sp³-hybridized carbons (Fsp3) is 0.278. The number of likely N-dealkylation sites (tertiary alicyclic amines) is 1. The fourth-order valence-corrected chi connectivity index (χ4v) is 3.64. The molecule has 0 N–H and O–H groups in total. The Balaban J connectivity index is 1.81. The molecule has 2 unspecified atom stereocenters. The van der Waals surface area contributed by atoms with Gasteiger partial charge in [0.25, 0.3) is 0 Å². The highest BCUT2D eigenvalue weighted by atomic mass is 79.9. The van der Waals surface area contributed by atoms with E-state index in [9.17, 15) is 9.65 Å². The molecule has 0 radical (unpaired) electrons. The Kier molecular flexibility index (Phi) is 4.56. The van der Waals surface area contributed by atoms with Crippen LogP contribution >= 0.6 is 15.9 Å². The van der Waals surface area contributed by atoms with Crippen LogP contribution < -0.4 is 0 Å². The summed E-state index contributed by atoms with van der Waals surface area (Å²) in [7, 11) is 0. The molecule has 0 aliphatic carbocycles. The summed E-state index contributed by atoms with van der Waals surface area (Å²) in [6.07, 6.45) is 0. The molecule has 3 rings (SSSR count). The molecule has 2 atom stereocenters. The summed E-state index contributed by atoms with van der Waals surface area (Å²) in [4.78, 5) is 2.27. The van der Waals surface area contributed by atoms with Crippen LogP contribution in [-0.4, -0.2) is 18.0 Å². The summed E-state index contributed by atoms with van der Waals surface area (Å²) >= 11 is 3.49. The van der Waals surface area contributed by atoms with Crippen LogP contribution in [0.3, 0.4) is 0 Å². The average molecular weight is 359 g/mol. The van der Waals surface area contributed by atoms with Crippen LogP contribution in [0.4, 0.5) is 4.39 Å². The Morgan fingerprint density at radius 1 is 1.18 bits per heavy atom. The second-order valence-electron chi connectivity index (χ2n) is 5.69. The van der Waals surface area contributed by atoms with Crippen LogP contribution in [-0.2, 0) is 6.54 Å². The smallest absolute Gasteiger partial charge is 0.123 e. The molecule has 0 spiro atoms. The van der Waals surface area contributed by atoms with Crippen molar-refractivity contribution in [1.29, 1.82) is 5.26 Å². The van der Waals surface area contributed by atoms with Crippen molar-refractivity contribution < 1.29 is 4.39 Å². The van der Waals surface area contributed by atoms with Gasteiger partial charge in [-0.3, -0.25) is 4.90 Å². The number of rotatable bonds is 3. The van der Waals surface area contributed by atoms with Gasteiger partial charge in [-0.2, -0.15) is 5.26 Å². The van der Waals surface area contributed by atoms with Gasteiger partial charge in [0, 0.05) is 30.0 Å². The molecule has 112 valence electrons. The molecule has 1 heterocycles. The van der Waals surface area contributed by atoms with Crippen LogP contribution in [0.5, 0.6) is 0 Å². The van der Waals surface area contributed by atoms with Crippen LogP contribution in [0.2, 0.25) is 0 Å². The van der Waals surface area contributed by atoms with E-state index in [0.29, 0.717) is 0 Å². The number of benzene rings is 2. The maximum Gasteiger partial charge on any atom is 0.123 e. The largest absolute Gasteiger partial charge is 0.297 e. The predicted molar refractivity (Wildman–Crippen MR) is 87.7 cm³/mol. The van der Waals surface area contributed by atoms with Crippen LogP contribution in [0.25, 0.3) is 0 Å². The van der Waals surface area contributed by atoms with Gasteiger partial charge >= 0.3 is 0 Å². The lowest BCUT2D eigenvalue weighted by Crippen LogP contribution is -2.20. The Labute approximate surface area is 138 Å². The summed E-state index contributed by atoms with van der Waals surface area (Å²) in [6, 6.07) is 17.3. The number of halogens is 2. The molecule has 1 fully saturated rings. The van der Waals surface area contributed by atoms with Gasteiger partial charge in [-0.05, 0) is 29.3 Å². The Hall–Kier alpha value is -1.70. The van der Waals surface area contributed by atoms with Gasteiger partial charge in [0.05, 0.1) is 12.0 Å². The highest BCUT2D eigenvalue weighted by Crippen LogP contribution is 2.37. The summed E-state index contributed by atoms with van der Waals surface area (Å²) in [5.41, 5.74) is 2.13. The van der Waals surface area contributed by atoms with E-state index in [4.69, 9.17) is 0 Å². The van der Waals surface area contributed by atoms with Crippen molar-refractivity contribution in [3.8, 4) is 6.07 Å². The van der Waals surface area contributed by atoms with Crippen molar-refractivity contribution in [1.82, 2.24) is 4.90 Å². The van der Waals surface area contributed by atoms with E-state index in [1.165, 1.54) is 11.6 Å². The van der Waals surface area contributed by atoms with Crippen LogP contribution in [0, 0.1) is 23.1 Å². The van der Waals surface area contributed by atoms with Crippen LogP contribution in [0.15, 0.2) is 53.0 Å². The fourth-order valence-electron chi connectivity index (χ4n) is 3.10. The lowest BCUT2D eigenvalue weighted by Gasteiger charge is -2.17. The molecule has 2 aromatic carbocycles. The lowest BCUT2D eigenvalue weighted by molar-refractivity contribution is 0.322. The molecule has 0 amide bonds. The molecule has 2 aromatic rings. The lowest BCUT2D eigenvalue weighted by atomic mass is 9.90. The van der Waals surface area contributed by atoms with Gasteiger partial charge in [-0.15, -0.1) is 0 Å². The highest BCUT2D eigenvalue weighted by molar-refractivity contribution is 9.10. The van der Waals surface area contributed by atoms with E-state index in [2.05, 4.69) is 39.0 Å². The van der Waals surface area contributed by atoms with Crippen molar-refractivity contribution in [3.05, 3.63) is 69.9 Å². The van der Waals surface area contributed by atoms with E-state index < -0.39 is 0 Å². The second-order valence-corrected chi connectivity index (χ2v) is 6.54. The number of nitrogens with zero attached hydrogens (tertiary/aromatic N) is 2. The van der Waals surface area contributed by atoms with Crippen molar-refractivity contribution in [3.63, 3.8) is 0 Å². The van der Waals surface area contributed by atoms with Gasteiger partial charge in [-0.1, -0.05) is 46.3 Å². The zero-order valence-electron chi connectivity index (χ0n) is 12.0. The standard InChI is InChI=1S/C18H16BrFN2/c19-18-7-6-15(20)8-16(18)17-12-22(11-14(17)9-21)10-13-4-2-1-3-5-13/h1-8,14,17H,10-12H2. The highest BCUT2D eigenvalue weighted by Gasteiger charge is 2.35. The molecule has 0 aromatic heterocycles. The molecule has 0 bridgehead atoms. The zero-order chi connectivity index (χ0) is 15.5. The van der Waals surface area contributed by atoms with E-state index in [-0.39, 0.29) is 17.7 Å². The maximum absolute atomic E-state index is 13.6. The minimum Gasteiger partial charge on any atom is -0.297 e. The monoisotopic (exact) mass is 358 g/mol. The Morgan fingerprint density at radius 2 is 1.95 bits per heavy atom. The van der Waals surface area contributed by atoms with Gasteiger partial charge in [-0.25, -0.2) is 4.39 Å². The molecule has 0 saturated carbocycles. The normalized spacial score (nSPS) is 21.7. The molecular weight excluding hydrogens is 343 g/mol. The quantitative estimate of drug-likeness (QED) is 0.816. The van der Waals surface area contributed by atoms with E-state index in [1.54, 1.807) is 12.1 Å². The Morgan fingerprint density at radius 3 is 2.68 bits per heavy atom. The molecule has 2 nitrogen and oxygen atoms in total. The average Bonchev–Trinajstić information content (AvgIpc) is 2.93. The van der Waals surface area contributed by atoms with E-state index >= 15 is 0 Å². The first kappa shape index (κ1) is 15.2. The third kappa shape index (κ3) is 3.21. The third-order valence-corrected chi connectivity index (χ3v) is 4.89. The Bertz CT molecular complexity index is 696. The van der Waals surface area contributed by atoms with Crippen molar-refractivity contribution in [2.75, 3.05) is 13.1 Å². The third-order valence-electron chi connectivity index (χ3n) is 4.17. The number of hydrogen-bond acceptors (Lipinski definition) is 2. The second kappa shape index (κ2) is 6.60. The SMILES string of the molecule is N#CC1CN(Cc2ccccc2)CC1c1cc(F)ccc1Br. The molecule has 22 heavy (non-hydrogen) atoms. The van der Waals surface area contributed by atoms with E-state index in [0.717, 1.165) is 29.7 Å². The number of nitriles is 1. The minimum atomic E-state index is -0.253. The van der Waals surface area contributed by atoms with Gasteiger partial charge in [0.15, 0.2) is 0 Å². The van der Waals surface area contributed by atoms with E-state index in [1.807, 2.05) is 18.2 Å².